The Morgan fingerprint density at radius 1 is 1.37 bits per heavy atom. The minimum atomic E-state index is -0.105. The second-order valence-electron chi connectivity index (χ2n) is 6.05. The molecule has 1 aliphatic heterocycles. The summed E-state index contributed by atoms with van der Waals surface area (Å²) in [5.41, 5.74) is 0.912. The van der Waals surface area contributed by atoms with Gasteiger partial charge in [0.2, 0.25) is 0 Å². The molecule has 5 heteroatoms. The topological polar surface area (TPSA) is 50.3 Å². The van der Waals surface area contributed by atoms with Gasteiger partial charge in [-0.3, -0.25) is 4.98 Å². The molecule has 0 spiro atoms. The monoisotopic (exact) mass is 262 g/mol. The van der Waals surface area contributed by atoms with E-state index in [1.807, 2.05) is 12.4 Å². The number of morpholine rings is 1. The smallest absolute Gasteiger partial charge is 0.147 e. The third-order valence-electron chi connectivity index (χ3n) is 3.59. The van der Waals surface area contributed by atoms with Crippen LogP contribution in [-0.4, -0.2) is 41.3 Å². The molecule has 1 saturated heterocycles. The van der Waals surface area contributed by atoms with Crippen LogP contribution < -0.4 is 10.2 Å². The molecule has 0 bridgehead atoms. The van der Waals surface area contributed by atoms with Gasteiger partial charge in [0, 0.05) is 25.7 Å². The normalized spacial score (nSPS) is 22.5. The summed E-state index contributed by atoms with van der Waals surface area (Å²) in [6, 6.07) is 0.710. The van der Waals surface area contributed by atoms with Gasteiger partial charge >= 0.3 is 0 Å². The van der Waals surface area contributed by atoms with Crippen molar-refractivity contribution in [1.82, 2.24) is 15.3 Å². The predicted molar refractivity (Wildman–Crippen MR) is 74.1 cm³/mol. The van der Waals surface area contributed by atoms with Crippen molar-refractivity contribution in [2.75, 3.05) is 24.6 Å². The second-order valence-corrected chi connectivity index (χ2v) is 6.05. The van der Waals surface area contributed by atoms with Crippen LogP contribution in [0.2, 0.25) is 0 Å². The molecule has 0 unspecified atom stereocenters. The van der Waals surface area contributed by atoms with Crippen LogP contribution in [0.3, 0.4) is 0 Å². The summed E-state index contributed by atoms with van der Waals surface area (Å²) in [4.78, 5) is 11.3. The molecule has 104 valence electrons. The van der Waals surface area contributed by atoms with Gasteiger partial charge in [-0.2, -0.15) is 0 Å². The van der Waals surface area contributed by atoms with Gasteiger partial charge in [-0.05, 0) is 26.7 Å². The molecule has 2 aliphatic rings. The molecule has 0 amide bonds. The van der Waals surface area contributed by atoms with Crippen LogP contribution in [0.5, 0.6) is 0 Å². The Bertz CT molecular complexity index is 428. The van der Waals surface area contributed by atoms with Crippen LogP contribution in [0.1, 0.15) is 32.4 Å². The van der Waals surface area contributed by atoms with E-state index in [1.54, 1.807) is 0 Å². The van der Waals surface area contributed by atoms with Crippen LogP contribution in [0.4, 0.5) is 5.82 Å². The lowest BCUT2D eigenvalue weighted by Crippen LogP contribution is -2.48. The van der Waals surface area contributed by atoms with Crippen LogP contribution in [0.25, 0.3) is 0 Å². The third kappa shape index (κ3) is 3.42. The summed E-state index contributed by atoms with van der Waals surface area (Å²) >= 11 is 0. The van der Waals surface area contributed by atoms with Crippen molar-refractivity contribution in [2.24, 2.45) is 0 Å². The molecule has 0 aromatic carbocycles. The zero-order valence-corrected chi connectivity index (χ0v) is 11.7. The lowest BCUT2D eigenvalue weighted by molar-refractivity contribution is -0.0279. The van der Waals surface area contributed by atoms with E-state index in [2.05, 4.69) is 34.0 Å². The summed E-state index contributed by atoms with van der Waals surface area (Å²) in [6.07, 6.45) is 6.36. The molecule has 2 heterocycles. The van der Waals surface area contributed by atoms with Crippen LogP contribution in [0.15, 0.2) is 12.4 Å². The molecule has 0 atom stereocenters. The average molecular weight is 262 g/mol. The Labute approximate surface area is 114 Å². The fourth-order valence-electron chi connectivity index (χ4n) is 2.35. The molecule has 1 aromatic rings. The van der Waals surface area contributed by atoms with Gasteiger partial charge in [-0.15, -0.1) is 0 Å². The van der Waals surface area contributed by atoms with Gasteiger partial charge in [0.25, 0.3) is 0 Å². The highest BCUT2D eigenvalue weighted by molar-refractivity contribution is 5.37. The largest absolute Gasteiger partial charge is 0.372 e. The number of aromatic nitrogens is 2. The zero-order chi connectivity index (χ0) is 13.3. The first kappa shape index (κ1) is 12.8. The second kappa shape index (κ2) is 5.06. The maximum absolute atomic E-state index is 5.71. The predicted octanol–water partition coefficient (Wildman–Crippen LogP) is 1.34. The van der Waals surface area contributed by atoms with Gasteiger partial charge in [-0.25, -0.2) is 4.98 Å². The summed E-state index contributed by atoms with van der Waals surface area (Å²) in [5.74, 6) is 0.951. The summed E-state index contributed by atoms with van der Waals surface area (Å²) < 4.78 is 5.71. The van der Waals surface area contributed by atoms with Gasteiger partial charge in [0.05, 0.1) is 30.3 Å². The number of hydrogen-bond donors (Lipinski definition) is 1. The van der Waals surface area contributed by atoms with E-state index in [0.717, 1.165) is 37.8 Å². The Morgan fingerprint density at radius 3 is 2.84 bits per heavy atom. The van der Waals surface area contributed by atoms with Crippen molar-refractivity contribution in [2.45, 2.75) is 44.9 Å². The first-order valence-corrected chi connectivity index (χ1v) is 7.06. The van der Waals surface area contributed by atoms with Crippen molar-refractivity contribution in [3.8, 4) is 0 Å². The SMILES string of the molecule is CC1(C)CN(c2cnc(CNC3CC3)cn2)CCO1. The van der Waals surface area contributed by atoms with Crippen molar-refractivity contribution in [3.05, 3.63) is 18.1 Å². The number of ether oxygens (including phenoxy) is 1. The maximum atomic E-state index is 5.71. The maximum Gasteiger partial charge on any atom is 0.147 e. The van der Waals surface area contributed by atoms with E-state index >= 15 is 0 Å². The van der Waals surface area contributed by atoms with Gasteiger partial charge in [-0.1, -0.05) is 0 Å². The molecule has 3 rings (SSSR count). The van der Waals surface area contributed by atoms with Crippen LogP contribution >= 0.6 is 0 Å². The Morgan fingerprint density at radius 2 is 2.21 bits per heavy atom. The van der Waals surface area contributed by atoms with E-state index in [9.17, 15) is 0 Å². The van der Waals surface area contributed by atoms with Crippen molar-refractivity contribution < 1.29 is 4.74 Å². The van der Waals surface area contributed by atoms with Gasteiger partial charge in [0.1, 0.15) is 5.82 Å². The Hall–Kier alpha value is -1.20. The highest BCUT2D eigenvalue weighted by Crippen LogP contribution is 2.21. The van der Waals surface area contributed by atoms with E-state index < -0.39 is 0 Å². The van der Waals surface area contributed by atoms with Crippen molar-refractivity contribution >= 4 is 5.82 Å². The molecular weight excluding hydrogens is 240 g/mol. The minimum Gasteiger partial charge on any atom is -0.372 e. The zero-order valence-electron chi connectivity index (χ0n) is 11.7. The van der Waals surface area contributed by atoms with E-state index in [4.69, 9.17) is 4.74 Å². The molecule has 2 fully saturated rings. The fraction of sp³-hybridized carbons (Fsp3) is 0.714. The molecule has 1 aliphatic carbocycles. The highest BCUT2D eigenvalue weighted by Gasteiger charge is 2.28. The van der Waals surface area contributed by atoms with Crippen LogP contribution in [-0.2, 0) is 11.3 Å². The van der Waals surface area contributed by atoms with Gasteiger partial charge in [0.15, 0.2) is 0 Å². The molecular formula is C14H22N4O. The Kier molecular flexibility index (Phi) is 3.41. The molecule has 5 nitrogen and oxygen atoms in total. The first-order chi connectivity index (χ1) is 9.12. The molecule has 1 saturated carbocycles. The summed E-state index contributed by atoms with van der Waals surface area (Å²) in [6.45, 7) is 7.55. The van der Waals surface area contributed by atoms with E-state index in [-0.39, 0.29) is 5.60 Å². The molecule has 1 N–H and O–H groups in total. The number of nitrogens with one attached hydrogen (secondary N) is 1. The van der Waals surface area contributed by atoms with Crippen molar-refractivity contribution in [1.29, 1.82) is 0 Å². The van der Waals surface area contributed by atoms with Crippen molar-refractivity contribution in [3.63, 3.8) is 0 Å². The number of rotatable bonds is 4. The minimum absolute atomic E-state index is 0.105. The van der Waals surface area contributed by atoms with Crippen LogP contribution in [0, 0.1) is 0 Å². The number of nitrogens with zero attached hydrogens (tertiary/aromatic N) is 3. The number of anilines is 1. The number of hydrogen-bond acceptors (Lipinski definition) is 5. The highest BCUT2D eigenvalue weighted by atomic mass is 16.5. The Balaban J connectivity index is 1.61. The standard InChI is InChI=1S/C14H22N4O/c1-14(2)10-18(5-6-19-14)13-9-16-12(8-17-13)7-15-11-3-4-11/h8-9,11,15H,3-7,10H2,1-2H3. The molecule has 19 heavy (non-hydrogen) atoms. The fourth-order valence-corrected chi connectivity index (χ4v) is 2.35. The lowest BCUT2D eigenvalue weighted by atomic mass is 10.1. The van der Waals surface area contributed by atoms with Gasteiger partial charge < -0.3 is 15.0 Å². The first-order valence-electron chi connectivity index (χ1n) is 7.06. The quantitative estimate of drug-likeness (QED) is 0.887. The third-order valence-corrected chi connectivity index (χ3v) is 3.59. The molecule has 0 radical (unpaired) electrons. The summed E-state index contributed by atoms with van der Waals surface area (Å²) in [7, 11) is 0. The van der Waals surface area contributed by atoms with E-state index in [0.29, 0.717) is 6.04 Å². The average Bonchev–Trinajstić information content (AvgIpc) is 3.20. The lowest BCUT2D eigenvalue weighted by Gasteiger charge is -2.38. The van der Waals surface area contributed by atoms with E-state index in [1.165, 1.54) is 12.8 Å². The molecule has 1 aromatic heterocycles. The summed E-state index contributed by atoms with van der Waals surface area (Å²) in [5, 5.41) is 3.45.